The summed E-state index contributed by atoms with van der Waals surface area (Å²) in [5.41, 5.74) is 1.08. The standard InChI is InChI=1S/C20H31N3OS/c1-14(2)13-21-19(25)23-5-3-22(4-6-23)18(24)20-10-15-7-16(11-20)9-17(8-15)12-20/h15-17H,1,3-13H2,2H3,(H,21,25). The van der Waals surface area contributed by atoms with Gasteiger partial charge in [-0.2, -0.15) is 0 Å². The van der Waals surface area contributed by atoms with Crippen LogP contribution in [0, 0.1) is 23.2 Å². The van der Waals surface area contributed by atoms with Gasteiger partial charge in [0, 0.05) is 32.7 Å². The van der Waals surface area contributed by atoms with E-state index in [2.05, 4.69) is 21.7 Å². The van der Waals surface area contributed by atoms with E-state index in [9.17, 15) is 4.79 Å². The van der Waals surface area contributed by atoms with Crippen LogP contribution in [0.15, 0.2) is 12.2 Å². The molecule has 4 saturated carbocycles. The Morgan fingerprint density at radius 3 is 2.00 bits per heavy atom. The first kappa shape index (κ1) is 17.3. The Balaban J connectivity index is 1.34. The van der Waals surface area contributed by atoms with E-state index >= 15 is 0 Å². The van der Waals surface area contributed by atoms with E-state index in [1.165, 1.54) is 19.3 Å². The van der Waals surface area contributed by atoms with Crippen molar-refractivity contribution in [2.45, 2.75) is 45.4 Å². The first-order valence-electron chi connectivity index (χ1n) is 9.92. The number of nitrogens with one attached hydrogen (secondary N) is 1. The van der Waals surface area contributed by atoms with Crippen LogP contribution in [0.25, 0.3) is 0 Å². The maximum atomic E-state index is 13.4. The molecule has 25 heavy (non-hydrogen) atoms. The highest BCUT2D eigenvalue weighted by Gasteiger charge is 2.55. The molecular weight excluding hydrogens is 330 g/mol. The van der Waals surface area contributed by atoms with E-state index in [1.54, 1.807) is 0 Å². The molecule has 5 rings (SSSR count). The van der Waals surface area contributed by atoms with Crippen LogP contribution in [-0.2, 0) is 4.79 Å². The largest absolute Gasteiger partial charge is 0.359 e. The smallest absolute Gasteiger partial charge is 0.228 e. The van der Waals surface area contributed by atoms with Gasteiger partial charge in [0.2, 0.25) is 5.91 Å². The molecule has 0 aromatic heterocycles. The van der Waals surface area contributed by atoms with Crippen molar-refractivity contribution >= 4 is 23.2 Å². The fourth-order valence-electron chi connectivity index (χ4n) is 6.16. The molecule has 5 fully saturated rings. The second-order valence-electron chi connectivity index (χ2n) is 9.09. The highest BCUT2D eigenvalue weighted by molar-refractivity contribution is 7.80. The Hall–Kier alpha value is -1.10. The van der Waals surface area contributed by atoms with Crippen molar-refractivity contribution in [1.82, 2.24) is 15.1 Å². The van der Waals surface area contributed by atoms with E-state index < -0.39 is 0 Å². The average molecular weight is 362 g/mol. The molecule has 1 heterocycles. The summed E-state index contributed by atoms with van der Waals surface area (Å²) in [5, 5.41) is 4.06. The number of thiocarbonyl (C=S) groups is 1. The minimum Gasteiger partial charge on any atom is -0.359 e. The highest BCUT2D eigenvalue weighted by Crippen LogP contribution is 2.60. The average Bonchev–Trinajstić information content (AvgIpc) is 2.58. The van der Waals surface area contributed by atoms with E-state index in [-0.39, 0.29) is 5.41 Å². The molecular formula is C20H31N3OS. The van der Waals surface area contributed by atoms with Crippen molar-refractivity contribution in [3.05, 3.63) is 12.2 Å². The monoisotopic (exact) mass is 361 g/mol. The van der Waals surface area contributed by atoms with E-state index in [0.717, 1.165) is 80.4 Å². The van der Waals surface area contributed by atoms with Gasteiger partial charge in [-0.3, -0.25) is 4.79 Å². The number of hydrogen-bond acceptors (Lipinski definition) is 2. The number of nitrogens with zero attached hydrogens (tertiary/aromatic N) is 2. The lowest BCUT2D eigenvalue weighted by Crippen LogP contribution is -2.59. The van der Waals surface area contributed by atoms with Gasteiger partial charge in [0.1, 0.15) is 0 Å². The zero-order valence-electron chi connectivity index (χ0n) is 15.4. The molecule has 0 unspecified atom stereocenters. The SMILES string of the molecule is C=C(C)CNC(=S)N1CCN(C(=O)C23CC4CC(CC(C4)C2)C3)CC1. The van der Waals surface area contributed by atoms with Gasteiger partial charge >= 0.3 is 0 Å². The third kappa shape index (κ3) is 3.32. The number of amides is 1. The number of piperazine rings is 1. The van der Waals surface area contributed by atoms with Crippen LogP contribution < -0.4 is 5.32 Å². The quantitative estimate of drug-likeness (QED) is 0.619. The zero-order chi connectivity index (χ0) is 17.6. The molecule has 1 aliphatic heterocycles. The second-order valence-corrected chi connectivity index (χ2v) is 9.48. The number of rotatable bonds is 3. The van der Waals surface area contributed by atoms with Crippen LogP contribution in [0.5, 0.6) is 0 Å². The summed E-state index contributed by atoms with van der Waals surface area (Å²) in [5.74, 6) is 2.95. The van der Waals surface area contributed by atoms with Crippen LogP contribution in [0.4, 0.5) is 0 Å². The second kappa shape index (κ2) is 6.57. The molecule has 0 aromatic carbocycles. The summed E-state index contributed by atoms with van der Waals surface area (Å²) >= 11 is 5.48. The lowest BCUT2D eigenvalue weighted by atomic mass is 9.49. The molecule has 0 aromatic rings. The van der Waals surface area contributed by atoms with Gasteiger partial charge in [-0.15, -0.1) is 0 Å². The third-order valence-corrected chi connectivity index (χ3v) is 7.29. The van der Waals surface area contributed by atoms with Gasteiger partial charge in [-0.25, -0.2) is 0 Å². The molecule has 4 aliphatic carbocycles. The summed E-state index contributed by atoms with van der Waals surface area (Å²) in [6.07, 6.45) is 7.67. The van der Waals surface area contributed by atoms with Crippen molar-refractivity contribution in [2.75, 3.05) is 32.7 Å². The topological polar surface area (TPSA) is 35.6 Å². The predicted octanol–water partition coefficient (Wildman–Crippen LogP) is 2.80. The van der Waals surface area contributed by atoms with Crippen LogP contribution >= 0.6 is 12.2 Å². The molecule has 0 atom stereocenters. The van der Waals surface area contributed by atoms with Crippen molar-refractivity contribution in [2.24, 2.45) is 23.2 Å². The molecule has 4 bridgehead atoms. The summed E-state index contributed by atoms with van der Waals surface area (Å²) in [7, 11) is 0. The maximum absolute atomic E-state index is 13.4. The first-order valence-corrected chi connectivity index (χ1v) is 10.3. The van der Waals surface area contributed by atoms with Crippen LogP contribution in [0.3, 0.4) is 0 Å². The van der Waals surface area contributed by atoms with Crippen molar-refractivity contribution in [1.29, 1.82) is 0 Å². The summed E-state index contributed by atoms with van der Waals surface area (Å²) in [6, 6.07) is 0. The van der Waals surface area contributed by atoms with Gasteiger partial charge in [0.05, 0.1) is 5.41 Å². The van der Waals surface area contributed by atoms with Gasteiger partial charge in [-0.1, -0.05) is 12.2 Å². The lowest BCUT2D eigenvalue weighted by Gasteiger charge is -2.57. The normalized spacial score (nSPS) is 36.4. The highest BCUT2D eigenvalue weighted by atomic mass is 32.1. The molecule has 4 nitrogen and oxygen atoms in total. The van der Waals surface area contributed by atoms with Crippen molar-refractivity contribution in [3.8, 4) is 0 Å². The summed E-state index contributed by atoms with van der Waals surface area (Å²) in [6.45, 7) is 9.95. The Morgan fingerprint density at radius 2 is 1.52 bits per heavy atom. The van der Waals surface area contributed by atoms with Crippen LogP contribution in [0.2, 0.25) is 0 Å². The van der Waals surface area contributed by atoms with E-state index in [1.807, 2.05) is 6.92 Å². The Labute approximate surface area is 157 Å². The molecule has 138 valence electrons. The predicted molar refractivity (Wildman–Crippen MR) is 104 cm³/mol. The number of hydrogen-bond donors (Lipinski definition) is 1. The molecule has 5 aliphatic rings. The summed E-state index contributed by atoms with van der Waals surface area (Å²) < 4.78 is 0. The lowest BCUT2D eigenvalue weighted by molar-refractivity contribution is -0.158. The van der Waals surface area contributed by atoms with Crippen LogP contribution in [-0.4, -0.2) is 53.5 Å². The first-order chi connectivity index (χ1) is 11.9. The van der Waals surface area contributed by atoms with E-state index in [4.69, 9.17) is 12.2 Å². The van der Waals surface area contributed by atoms with Gasteiger partial charge in [-0.05, 0) is 75.4 Å². The minimum atomic E-state index is -0.00433. The molecule has 1 N–H and O–H groups in total. The molecule has 1 amide bonds. The third-order valence-electron chi connectivity index (χ3n) is 6.89. The molecule has 0 radical (unpaired) electrons. The zero-order valence-corrected chi connectivity index (χ0v) is 16.2. The van der Waals surface area contributed by atoms with Gasteiger partial charge in [0.25, 0.3) is 0 Å². The molecule has 0 spiro atoms. The minimum absolute atomic E-state index is 0.00433. The van der Waals surface area contributed by atoms with Crippen molar-refractivity contribution < 1.29 is 4.79 Å². The molecule has 5 heteroatoms. The Morgan fingerprint density at radius 1 is 1.04 bits per heavy atom. The fourth-order valence-corrected chi connectivity index (χ4v) is 6.41. The molecule has 1 saturated heterocycles. The maximum Gasteiger partial charge on any atom is 0.228 e. The fraction of sp³-hybridized carbons (Fsp3) is 0.800. The Bertz CT molecular complexity index is 544. The Kier molecular flexibility index (Phi) is 4.55. The summed E-state index contributed by atoms with van der Waals surface area (Å²) in [4.78, 5) is 17.7. The van der Waals surface area contributed by atoms with Gasteiger partial charge < -0.3 is 15.1 Å². The van der Waals surface area contributed by atoms with Crippen LogP contribution in [0.1, 0.15) is 45.4 Å². The number of carbonyl (C=O) groups is 1. The van der Waals surface area contributed by atoms with Crippen molar-refractivity contribution in [3.63, 3.8) is 0 Å². The number of carbonyl (C=O) groups excluding carboxylic acids is 1. The van der Waals surface area contributed by atoms with E-state index in [0.29, 0.717) is 5.91 Å². The van der Waals surface area contributed by atoms with Gasteiger partial charge in [0.15, 0.2) is 5.11 Å².